The van der Waals surface area contributed by atoms with Crippen LogP contribution in [0.2, 0.25) is 0 Å². The molecule has 156 valence electrons. The zero-order valence-corrected chi connectivity index (χ0v) is 16.4. The Hall–Kier alpha value is -3.49. The van der Waals surface area contributed by atoms with Crippen molar-refractivity contribution in [2.24, 2.45) is 0 Å². The van der Waals surface area contributed by atoms with Gasteiger partial charge < -0.3 is 18.9 Å². The van der Waals surface area contributed by atoms with Crippen molar-refractivity contribution in [1.29, 1.82) is 0 Å². The smallest absolute Gasteiger partial charge is 0.257 e. The molecule has 2 aromatic carbocycles. The SMILES string of the molecule is COc1ccc(-c2noc([C@@H]3CCCN3C(=O)c3cc(F)ccc3F)n2)cc1OC. The van der Waals surface area contributed by atoms with Gasteiger partial charge in [-0.1, -0.05) is 5.16 Å². The molecule has 0 spiro atoms. The first-order valence-electron chi connectivity index (χ1n) is 9.34. The summed E-state index contributed by atoms with van der Waals surface area (Å²) in [6, 6.07) is 7.50. The van der Waals surface area contributed by atoms with Gasteiger partial charge in [-0.3, -0.25) is 4.79 Å². The van der Waals surface area contributed by atoms with E-state index in [9.17, 15) is 13.6 Å². The quantitative estimate of drug-likeness (QED) is 0.627. The number of methoxy groups -OCH3 is 2. The average Bonchev–Trinajstić information content (AvgIpc) is 3.44. The lowest BCUT2D eigenvalue weighted by Crippen LogP contribution is -2.31. The molecule has 1 saturated heterocycles. The number of hydrogen-bond donors (Lipinski definition) is 0. The van der Waals surface area contributed by atoms with E-state index in [1.54, 1.807) is 18.2 Å². The van der Waals surface area contributed by atoms with Crippen LogP contribution in [-0.4, -0.2) is 41.7 Å². The van der Waals surface area contributed by atoms with Gasteiger partial charge in [-0.05, 0) is 49.2 Å². The third-order valence-corrected chi connectivity index (χ3v) is 5.04. The summed E-state index contributed by atoms with van der Waals surface area (Å²) in [5.74, 6) is -0.423. The summed E-state index contributed by atoms with van der Waals surface area (Å²) in [7, 11) is 3.06. The van der Waals surface area contributed by atoms with E-state index in [0.717, 1.165) is 18.2 Å². The number of halogens is 2. The lowest BCUT2D eigenvalue weighted by Gasteiger charge is -2.22. The van der Waals surface area contributed by atoms with Gasteiger partial charge in [-0.15, -0.1) is 0 Å². The first-order valence-corrected chi connectivity index (χ1v) is 9.34. The van der Waals surface area contributed by atoms with Crippen molar-refractivity contribution in [2.45, 2.75) is 18.9 Å². The Bertz CT molecular complexity index is 1090. The minimum atomic E-state index is -0.774. The lowest BCUT2D eigenvalue weighted by molar-refractivity contribution is 0.0704. The van der Waals surface area contributed by atoms with Gasteiger partial charge in [-0.25, -0.2) is 8.78 Å². The largest absolute Gasteiger partial charge is 0.493 e. The van der Waals surface area contributed by atoms with Crippen molar-refractivity contribution in [3.05, 3.63) is 59.5 Å². The minimum absolute atomic E-state index is 0.238. The molecule has 9 heteroatoms. The first kappa shape index (κ1) is 19.8. The third kappa shape index (κ3) is 3.58. The Morgan fingerprint density at radius 1 is 1.13 bits per heavy atom. The van der Waals surface area contributed by atoms with E-state index in [-0.39, 0.29) is 11.5 Å². The number of hydrogen-bond acceptors (Lipinski definition) is 6. The summed E-state index contributed by atoms with van der Waals surface area (Å²) >= 11 is 0. The van der Waals surface area contributed by atoms with Gasteiger partial charge >= 0.3 is 0 Å². The molecule has 0 saturated carbocycles. The molecule has 0 radical (unpaired) electrons. The van der Waals surface area contributed by atoms with Gasteiger partial charge in [0.15, 0.2) is 11.5 Å². The van der Waals surface area contributed by atoms with Crippen LogP contribution >= 0.6 is 0 Å². The molecule has 4 rings (SSSR count). The van der Waals surface area contributed by atoms with Crippen molar-refractivity contribution < 1.29 is 27.6 Å². The molecule has 0 unspecified atom stereocenters. The predicted octanol–water partition coefficient (Wildman–Crippen LogP) is 4.01. The fraction of sp³-hybridized carbons (Fsp3) is 0.286. The standard InChI is InChI=1S/C21H19F2N3O4/c1-28-17-8-5-12(10-18(17)29-2)19-24-20(30-25-19)16-4-3-9-26(16)21(27)14-11-13(22)6-7-15(14)23/h5-8,10-11,16H,3-4,9H2,1-2H3/t16-/m0/s1. The molecule has 0 aliphatic carbocycles. The molecule has 1 aliphatic heterocycles. The molecule has 1 fully saturated rings. The summed E-state index contributed by atoms with van der Waals surface area (Å²) in [6.45, 7) is 0.382. The number of amides is 1. The summed E-state index contributed by atoms with van der Waals surface area (Å²) in [5.41, 5.74) is 0.330. The summed E-state index contributed by atoms with van der Waals surface area (Å²) in [6.07, 6.45) is 1.26. The zero-order chi connectivity index (χ0) is 21.3. The highest BCUT2D eigenvalue weighted by Gasteiger charge is 2.35. The number of ether oxygens (including phenoxy) is 2. The lowest BCUT2D eigenvalue weighted by atomic mass is 10.1. The van der Waals surface area contributed by atoms with E-state index in [0.29, 0.717) is 42.3 Å². The zero-order valence-electron chi connectivity index (χ0n) is 16.4. The van der Waals surface area contributed by atoms with Crippen LogP contribution in [0.4, 0.5) is 8.78 Å². The van der Waals surface area contributed by atoms with E-state index in [2.05, 4.69) is 10.1 Å². The van der Waals surface area contributed by atoms with Crippen LogP contribution in [0, 0.1) is 11.6 Å². The van der Waals surface area contributed by atoms with Crippen LogP contribution in [0.5, 0.6) is 11.5 Å². The Kier molecular flexibility index (Phi) is 5.35. The molecule has 30 heavy (non-hydrogen) atoms. The van der Waals surface area contributed by atoms with E-state index in [1.807, 2.05) is 0 Å². The van der Waals surface area contributed by atoms with Gasteiger partial charge in [0.25, 0.3) is 5.91 Å². The molecule has 1 aromatic heterocycles. The van der Waals surface area contributed by atoms with E-state index < -0.39 is 23.6 Å². The van der Waals surface area contributed by atoms with Gasteiger partial charge in [0, 0.05) is 12.1 Å². The van der Waals surface area contributed by atoms with Crippen molar-refractivity contribution in [2.75, 3.05) is 20.8 Å². The van der Waals surface area contributed by atoms with Crippen molar-refractivity contribution >= 4 is 5.91 Å². The fourth-order valence-corrected chi connectivity index (χ4v) is 3.55. The normalized spacial score (nSPS) is 16.0. The van der Waals surface area contributed by atoms with Crippen molar-refractivity contribution in [1.82, 2.24) is 15.0 Å². The third-order valence-electron chi connectivity index (χ3n) is 5.04. The number of nitrogens with zero attached hydrogens (tertiary/aromatic N) is 3. The number of benzene rings is 2. The predicted molar refractivity (Wildman–Crippen MR) is 102 cm³/mol. The molecule has 1 atom stereocenters. The molecule has 3 aromatic rings. The molecule has 2 heterocycles. The molecular weight excluding hydrogens is 396 g/mol. The highest BCUT2D eigenvalue weighted by molar-refractivity contribution is 5.95. The molecule has 7 nitrogen and oxygen atoms in total. The molecular formula is C21H19F2N3O4. The van der Waals surface area contributed by atoms with Crippen molar-refractivity contribution in [3.8, 4) is 22.9 Å². The minimum Gasteiger partial charge on any atom is -0.493 e. The Morgan fingerprint density at radius 2 is 1.93 bits per heavy atom. The summed E-state index contributed by atoms with van der Waals surface area (Å²) in [4.78, 5) is 18.7. The summed E-state index contributed by atoms with van der Waals surface area (Å²) < 4.78 is 43.5. The van der Waals surface area contributed by atoms with Crippen LogP contribution in [0.25, 0.3) is 11.4 Å². The second kappa shape index (κ2) is 8.10. The van der Waals surface area contributed by atoms with Crippen LogP contribution in [0.3, 0.4) is 0 Å². The summed E-state index contributed by atoms with van der Waals surface area (Å²) in [5, 5.41) is 4.01. The van der Waals surface area contributed by atoms with Crippen LogP contribution < -0.4 is 9.47 Å². The van der Waals surface area contributed by atoms with Crippen molar-refractivity contribution in [3.63, 3.8) is 0 Å². The first-order chi connectivity index (χ1) is 14.5. The molecule has 0 N–H and O–H groups in total. The number of carbonyl (C=O) groups is 1. The number of likely N-dealkylation sites (tertiary alicyclic amines) is 1. The van der Waals surface area contributed by atoms with E-state index in [1.165, 1.54) is 19.1 Å². The van der Waals surface area contributed by atoms with Gasteiger partial charge in [0.05, 0.1) is 19.8 Å². The van der Waals surface area contributed by atoms with Gasteiger partial charge in [-0.2, -0.15) is 4.98 Å². The molecule has 0 bridgehead atoms. The maximum absolute atomic E-state index is 14.1. The second-order valence-corrected chi connectivity index (χ2v) is 6.81. The Labute approximate surface area is 171 Å². The van der Waals surface area contributed by atoms with E-state index in [4.69, 9.17) is 14.0 Å². The highest BCUT2D eigenvalue weighted by atomic mass is 19.1. The van der Waals surface area contributed by atoms with Crippen LogP contribution in [0.1, 0.15) is 35.1 Å². The average molecular weight is 415 g/mol. The number of aromatic nitrogens is 2. The van der Waals surface area contributed by atoms with Gasteiger partial charge in [0.1, 0.15) is 17.7 Å². The molecule has 1 amide bonds. The highest BCUT2D eigenvalue weighted by Crippen LogP contribution is 2.35. The van der Waals surface area contributed by atoms with Crippen LogP contribution in [-0.2, 0) is 0 Å². The van der Waals surface area contributed by atoms with Gasteiger partial charge in [0.2, 0.25) is 11.7 Å². The van der Waals surface area contributed by atoms with Crippen LogP contribution in [0.15, 0.2) is 40.9 Å². The monoisotopic (exact) mass is 415 g/mol. The Morgan fingerprint density at radius 3 is 2.70 bits per heavy atom. The maximum atomic E-state index is 14.1. The van der Waals surface area contributed by atoms with E-state index >= 15 is 0 Å². The number of carbonyl (C=O) groups excluding carboxylic acids is 1. The topological polar surface area (TPSA) is 77.7 Å². The molecule has 1 aliphatic rings. The Balaban J connectivity index is 1.61. The second-order valence-electron chi connectivity index (χ2n) is 6.81. The maximum Gasteiger partial charge on any atom is 0.257 e. The fourth-order valence-electron chi connectivity index (χ4n) is 3.55. The number of rotatable bonds is 5.